The van der Waals surface area contributed by atoms with Crippen LogP contribution in [-0.2, 0) is 10.3 Å². The second-order valence-corrected chi connectivity index (χ2v) is 4.59. The van der Waals surface area contributed by atoms with E-state index >= 15 is 0 Å². The number of carbonyl (C=O) groups is 1. The van der Waals surface area contributed by atoms with Crippen LogP contribution in [0.25, 0.3) is 0 Å². The van der Waals surface area contributed by atoms with Gasteiger partial charge in [-0.15, -0.1) is 0 Å². The number of anilines is 1. The van der Waals surface area contributed by atoms with Crippen molar-refractivity contribution in [2.75, 3.05) is 5.32 Å². The molecule has 1 aromatic rings. The summed E-state index contributed by atoms with van der Waals surface area (Å²) in [7, 11) is 0. The summed E-state index contributed by atoms with van der Waals surface area (Å²) < 4.78 is 1.09. The van der Waals surface area contributed by atoms with Crippen LogP contribution in [0.15, 0.2) is 18.2 Å². The predicted molar refractivity (Wildman–Crippen MR) is 59.3 cm³/mol. The molecule has 1 atom stereocenters. The van der Waals surface area contributed by atoms with E-state index in [4.69, 9.17) is 5.73 Å². The summed E-state index contributed by atoms with van der Waals surface area (Å²) in [5, 5.41) is 2.75. The molecule has 0 aromatic heterocycles. The van der Waals surface area contributed by atoms with Gasteiger partial charge in [-0.2, -0.15) is 0 Å². The van der Waals surface area contributed by atoms with Crippen molar-refractivity contribution < 1.29 is 4.79 Å². The number of hydrogen-bond donors (Lipinski definition) is 2. The van der Waals surface area contributed by atoms with E-state index in [1.54, 1.807) is 6.92 Å². The molecule has 1 aromatic carbocycles. The van der Waals surface area contributed by atoms with E-state index in [0.717, 1.165) is 14.8 Å². The third-order valence-electron chi connectivity index (χ3n) is 2.26. The second-order valence-electron chi connectivity index (χ2n) is 3.35. The van der Waals surface area contributed by atoms with Crippen LogP contribution in [0.2, 0.25) is 0 Å². The number of amides is 1. The largest absolute Gasteiger partial charge is 0.324 e. The lowest BCUT2D eigenvalue weighted by molar-refractivity contribution is -0.120. The number of rotatable bonds is 0. The number of halogens is 1. The molecule has 3 nitrogen and oxygen atoms in total. The maximum Gasteiger partial charge on any atom is 0.248 e. The molecule has 1 aliphatic rings. The van der Waals surface area contributed by atoms with Crippen LogP contribution in [0.4, 0.5) is 5.69 Å². The van der Waals surface area contributed by atoms with Crippen molar-refractivity contribution in [3.8, 4) is 0 Å². The van der Waals surface area contributed by atoms with Crippen LogP contribution in [0.1, 0.15) is 12.5 Å². The van der Waals surface area contributed by atoms with E-state index in [2.05, 4.69) is 27.9 Å². The van der Waals surface area contributed by atoms with Gasteiger partial charge in [-0.25, -0.2) is 0 Å². The summed E-state index contributed by atoms with van der Waals surface area (Å²) >= 11 is 2.20. The van der Waals surface area contributed by atoms with Crippen molar-refractivity contribution in [3.63, 3.8) is 0 Å². The molecule has 1 aliphatic heterocycles. The summed E-state index contributed by atoms with van der Waals surface area (Å²) in [6.07, 6.45) is 0. The van der Waals surface area contributed by atoms with Crippen LogP contribution in [0.3, 0.4) is 0 Å². The van der Waals surface area contributed by atoms with E-state index < -0.39 is 5.54 Å². The van der Waals surface area contributed by atoms with Crippen LogP contribution in [-0.4, -0.2) is 5.91 Å². The number of nitrogens with two attached hydrogens (primary N) is 1. The SMILES string of the molecule is C[C@@]1(N)C(=O)Nc2ccc(I)cc21. The van der Waals surface area contributed by atoms with Gasteiger partial charge >= 0.3 is 0 Å². The first-order chi connectivity index (χ1) is 6.01. The Morgan fingerprint density at radius 3 is 2.92 bits per heavy atom. The number of benzene rings is 1. The molecule has 13 heavy (non-hydrogen) atoms. The quantitative estimate of drug-likeness (QED) is 0.709. The van der Waals surface area contributed by atoms with Gasteiger partial charge in [0.2, 0.25) is 5.91 Å². The summed E-state index contributed by atoms with van der Waals surface area (Å²) in [6.45, 7) is 1.73. The average Bonchev–Trinajstić information content (AvgIpc) is 2.27. The topological polar surface area (TPSA) is 55.1 Å². The van der Waals surface area contributed by atoms with Crippen molar-refractivity contribution in [2.24, 2.45) is 5.73 Å². The van der Waals surface area contributed by atoms with Crippen molar-refractivity contribution in [2.45, 2.75) is 12.5 Å². The zero-order valence-corrected chi connectivity index (χ0v) is 9.25. The van der Waals surface area contributed by atoms with Crippen molar-refractivity contribution in [1.29, 1.82) is 0 Å². The van der Waals surface area contributed by atoms with Gasteiger partial charge in [0.1, 0.15) is 5.54 Å². The molecule has 1 heterocycles. The van der Waals surface area contributed by atoms with Gasteiger partial charge in [0.05, 0.1) is 0 Å². The predicted octanol–water partition coefficient (Wildman–Crippen LogP) is 1.42. The van der Waals surface area contributed by atoms with Gasteiger partial charge in [0.25, 0.3) is 0 Å². The molecule has 0 spiro atoms. The minimum atomic E-state index is -0.878. The van der Waals surface area contributed by atoms with Crippen molar-refractivity contribution >= 4 is 34.2 Å². The maximum atomic E-state index is 11.4. The Bertz CT molecular complexity index is 387. The Hall–Kier alpha value is -0.620. The molecular weight excluding hydrogens is 279 g/mol. The van der Waals surface area contributed by atoms with Crippen molar-refractivity contribution in [1.82, 2.24) is 0 Å². The first kappa shape index (κ1) is 8.96. The minimum Gasteiger partial charge on any atom is -0.324 e. The zero-order chi connectivity index (χ0) is 9.64. The fraction of sp³-hybridized carbons (Fsp3) is 0.222. The van der Waals surface area contributed by atoms with E-state index in [1.165, 1.54) is 0 Å². The highest BCUT2D eigenvalue weighted by molar-refractivity contribution is 14.1. The van der Waals surface area contributed by atoms with E-state index in [9.17, 15) is 4.79 Å². The molecule has 0 unspecified atom stereocenters. The van der Waals surface area contributed by atoms with Gasteiger partial charge in [0.15, 0.2) is 0 Å². The minimum absolute atomic E-state index is 0.135. The first-order valence-corrected chi connectivity index (χ1v) is 5.00. The number of nitrogens with one attached hydrogen (secondary N) is 1. The molecule has 68 valence electrons. The molecule has 0 fully saturated rings. The zero-order valence-electron chi connectivity index (χ0n) is 7.10. The first-order valence-electron chi connectivity index (χ1n) is 3.92. The van der Waals surface area contributed by atoms with Crippen LogP contribution in [0, 0.1) is 3.57 Å². The Morgan fingerprint density at radius 2 is 2.23 bits per heavy atom. The highest BCUT2D eigenvalue weighted by Crippen LogP contribution is 2.34. The number of hydrogen-bond acceptors (Lipinski definition) is 2. The highest BCUT2D eigenvalue weighted by atomic mass is 127. The highest BCUT2D eigenvalue weighted by Gasteiger charge is 2.38. The molecule has 3 N–H and O–H groups in total. The van der Waals surface area contributed by atoms with E-state index in [0.29, 0.717) is 0 Å². The van der Waals surface area contributed by atoms with Crippen LogP contribution < -0.4 is 11.1 Å². The Balaban J connectivity index is 2.64. The summed E-state index contributed by atoms with van der Waals surface area (Å²) in [6, 6.07) is 5.77. The number of carbonyl (C=O) groups excluding carboxylic acids is 1. The molecule has 1 amide bonds. The monoisotopic (exact) mass is 288 g/mol. The molecule has 2 rings (SSSR count). The molecule has 0 saturated carbocycles. The fourth-order valence-electron chi connectivity index (χ4n) is 1.43. The summed E-state index contributed by atoms with van der Waals surface area (Å²) in [5.41, 5.74) is 6.72. The van der Waals surface area contributed by atoms with Gasteiger partial charge in [-0.3, -0.25) is 4.79 Å². The molecule has 0 bridgehead atoms. The maximum absolute atomic E-state index is 11.4. The summed E-state index contributed by atoms with van der Waals surface area (Å²) in [5.74, 6) is -0.135. The summed E-state index contributed by atoms with van der Waals surface area (Å²) in [4.78, 5) is 11.4. The normalized spacial score (nSPS) is 25.6. The standard InChI is InChI=1S/C9H9IN2O/c1-9(11)6-4-5(10)2-3-7(6)12-8(9)13/h2-4H,11H2,1H3,(H,12,13)/t9-/m0/s1. The Morgan fingerprint density at radius 1 is 1.54 bits per heavy atom. The molecule has 0 radical (unpaired) electrons. The molecule has 0 saturated heterocycles. The van der Waals surface area contributed by atoms with Gasteiger partial charge < -0.3 is 11.1 Å². The van der Waals surface area contributed by atoms with Crippen LogP contribution in [0.5, 0.6) is 0 Å². The second kappa shape index (κ2) is 2.68. The molecular formula is C9H9IN2O. The van der Waals surface area contributed by atoms with E-state index in [-0.39, 0.29) is 5.91 Å². The molecule has 0 aliphatic carbocycles. The molecule has 4 heteroatoms. The Kier molecular flexibility index (Phi) is 1.85. The third kappa shape index (κ3) is 1.24. The lowest BCUT2D eigenvalue weighted by atomic mass is 9.95. The van der Waals surface area contributed by atoms with Crippen molar-refractivity contribution in [3.05, 3.63) is 27.3 Å². The van der Waals surface area contributed by atoms with Crippen LogP contribution >= 0.6 is 22.6 Å². The van der Waals surface area contributed by atoms with E-state index in [1.807, 2.05) is 18.2 Å². The fourth-order valence-corrected chi connectivity index (χ4v) is 1.92. The third-order valence-corrected chi connectivity index (χ3v) is 2.93. The Labute approximate surface area is 89.8 Å². The average molecular weight is 288 g/mol. The van der Waals surface area contributed by atoms with Gasteiger partial charge in [-0.05, 0) is 47.7 Å². The van der Waals surface area contributed by atoms with Gasteiger partial charge in [-0.1, -0.05) is 0 Å². The lowest BCUT2D eigenvalue weighted by Crippen LogP contribution is -2.40. The smallest absolute Gasteiger partial charge is 0.248 e. The lowest BCUT2D eigenvalue weighted by Gasteiger charge is -2.14. The number of fused-ring (bicyclic) bond motifs is 1. The van der Waals surface area contributed by atoms with Gasteiger partial charge in [0, 0.05) is 14.8 Å².